The molecule has 1 aromatic heterocycles. The van der Waals surface area contributed by atoms with Crippen LogP contribution in [0, 0.1) is 6.92 Å². The average Bonchev–Trinajstić information content (AvgIpc) is 3.23. The highest BCUT2D eigenvalue weighted by atomic mass is 16.6. The van der Waals surface area contributed by atoms with Gasteiger partial charge in [0.15, 0.2) is 5.69 Å². The molecule has 0 aliphatic carbocycles. The molecule has 0 bridgehead atoms. The maximum atomic E-state index is 13.4. The Morgan fingerprint density at radius 2 is 1.51 bits per heavy atom. The summed E-state index contributed by atoms with van der Waals surface area (Å²) in [7, 11) is 0. The molecule has 0 amide bonds. The van der Waals surface area contributed by atoms with Crippen LogP contribution in [0.25, 0.3) is 0 Å². The van der Waals surface area contributed by atoms with E-state index in [9.17, 15) is 4.79 Å². The number of carbonyl (C=O) groups excluding carboxylic acids is 1. The molecule has 1 aliphatic rings. The van der Waals surface area contributed by atoms with Gasteiger partial charge in [0.1, 0.15) is 5.75 Å². The molecule has 39 heavy (non-hydrogen) atoms. The van der Waals surface area contributed by atoms with Crippen molar-refractivity contribution in [1.82, 2.24) is 4.98 Å². The SMILES string of the molecule is CCN(CC)c1ccc(C2(N(c3ccccc3)c3ccc(OC(C)C)cc3)OC(=O)c3ncccc32)c(C)c1. The molecule has 0 saturated carbocycles. The highest BCUT2D eigenvalue weighted by molar-refractivity contribution is 5.95. The van der Waals surface area contributed by atoms with Crippen molar-refractivity contribution < 1.29 is 14.3 Å². The molecular formula is C33H35N3O3. The monoisotopic (exact) mass is 521 g/mol. The summed E-state index contributed by atoms with van der Waals surface area (Å²) in [6, 6.07) is 28.1. The molecule has 0 radical (unpaired) electrons. The number of hydrogen-bond acceptors (Lipinski definition) is 6. The first-order chi connectivity index (χ1) is 18.9. The van der Waals surface area contributed by atoms with Crippen LogP contribution < -0.4 is 14.5 Å². The molecule has 6 nitrogen and oxygen atoms in total. The van der Waals surface area contributed by atoms with Crippen LogP contribution in [0.15, 0.2) is 91.1 Å². The summed E-state index contributed by atoms with van der Waals surface area (Å²) in [5.41, 5.74) is 4.53. The summed E-state index contributed by atoms with van der Waals surface area (Å²) in [4.78, 5) is 22.3. The molecule has 200 valence electrons. The van der Waals surface area contributed by atoms with Gasteiger partial charge in [-0.2, -0.15) is 0 Å². The predicted molar refractivity (Wildman–Crippen MR) is 156 cm³/mol. The number of para-hydroxylation sites is 1. The lowest BCUT2D eigenvalue weighted by Gasteiger charge is -2.43. The van der Waals surface area contributed by atoms with Crippen molar-refractivity contribution >= 4 is 23.0 Å². The number of anilines is 3. The summed E-state index contributed by atoms with van der Waals surface area (Å²) in [6.45, 7) is 12.2. The number of benzene rings is 3. The van der Waals surface area contributed by atoms with Gasteiger partial charge in [-0.05, 0) is 101 Å². The van der Waals surface area contributed by atoms with Gasteiger partial charge >= 0.3 is 5.97 Å². The summed E-state index contributed by atoms with van der Waals surface area (Å²) in [5.74, 6) is 0.333. The molecule has 3 aromatic carbocycles. The lowest BCUT2D eigenvalue weighted by molar-refractivity contribution is 0.0129. The quantitative estimate of drug-likeness (QED) is 0.217. The average molecular weight is 522 g/mol. The zero-order valence-electron chi connectivity index (χ0n) is 23.2. The van der Waals surface area contributed by atoms with E-state index in [0.717, 1.165) is 47.0 Å². The van der Waals surface area contributed by atoms with Gasteiger partial charge in [0.05, 0.1) is 11.7 Å². The van der Waals surface area contributed by atoms with Crippen LogP contribution in [0.5, 0.6) is 5.75 Å². The smallest absolute Gasteiger partial charge is 0.360 e. The van der Waals surface area contributed by atoms with E-state index < -0.39 is 11.7 Å². The third-order valence-electron chi connectivity index (χ3n) is 7.11. The van der Waals surface area contributed by atoms with Crippen LogP contribution in [0.3, 0.4) is 0 Å². The minimum Gasteiger partial charge on any atom is -0.491 e. The maximum Gasteiger partial charge on any atom is 0.360 e. The number of rotatable bonds is 9. The third kappa shape index (κ3) is 4.71. The van der Waals surface area contributed by atoms with Gasteiger partial charge in [0.25, 0.3) is 0 Å². The van der Waals surface area contributed by atoms with Gasteiger partial charge in [-0.1, -0.05) is 24.3 Å². The van der Waals surface area contributed by atoms with Crippen LogP contribution in [0.1, 0.15) is 54.9 Å². The minimum absolute atomic E-state index is 0.0631. The topological polar surface area (TPSA) is 54.9 Å². The Balaban J connectivity index is 1.78. The molecule has 1 aliphatic heterocycles. The van der Waals surface area contributed by atoms with E-state index >= 15 is 0 Å². The van der Waals surface area contributed by atoms with Gasteiger partial charge in [-0.25, -0.2) is 9.78 Å². The fourth-order valence-electron chi connectivity index (χ4n) is 5.41. The summed E-state index contributed by atoms with van der Waals surface area (Å²) in [5, 5.41) is 0. The van der Waals surface area contributed by atoms with Gasteiger partial charge in [0, 0.05) is 41.9 Å². The Hall–Kier alpha value is -4.32. The van der Waals surface area contributed by atoms with Crippen LogP contribution in [0.2, 0.25) is 0 Å². The number of carbonyl (C=O) groups is 1. The van der Waals surface area contributed by atoms with Crippen LogP contribution in [-0.2, 0) is 10.5 Å². The number of pyridine rings is 1. The Kier molecular flexibility index (Phi) is 7.29. The van der Waals surface area contributed by atoms with Crippen molar-refractivity contribution in [2.24, 2.45) is 0 Å². The molecule has 4 aromatic rings. The van der Waals surface area contributed by atoms with E-state index in [4.69, 9.17) is 9.47 Å². The first-order valence-electron chi connectivity index (χ1n) is 13.6. The standard InChI is InChI=1S/C33H35N3O3/c1-6-35(7-2)27-17-20-29(24(5)22-27)33(30-14-11-21-34-31(30)32(37)39-33)36(25-12-9-8-10-13-25)26-15-18-28(19-16-26)38-23(3)4/h8-23H,6-7H2,1-5H3. The molecule has 6 heteroatoms. The number of hydrogen-bond donors (Lipinski definition) is 0. The zero-order valence-corrected chi connectivity index (χ0v) is 23.2. The van der Waals surface area contributed by atoms with E-state index in [1.54, 1.807) is 6.20 Å². The number of aryl methyl sites for hydroxylation is 1. The summed E-state index contributed by atoms with van der Waals surface area (Å²) < 4.78 is 12.4. The number of aromatic nitrogens is 1. The number of nitrogens with zero attached hydrogens (tertiary/aromatic N) is 3. The molecule has 0 fully saturated rings. The molecular weight excluding hydrogens is 486 g/mol. The van der Waals surface area contributed by atoms with E-state index in [2.05, 4.69) is 53.8 Å². The second-order valence-electron chi connectivity index (χ2n) is 9.94. The maximum absolute atomic E-state index is 13.4. The molecule has 1 unspecified atom stereocenters. The van der Waals surface area contributed by atoms with E-state index in [1.165, 1.54) is 0 Å². The van der Waals surface area contributed by atoms with Crippen molar-refractivity contribution in [3.05, 3.63) is 114 Å². The minimum atomic E-state index is -1.27. The first-order valence-corrected chi connectivity index (χ1v) is 13.6. The van der Waals surface area contributed by atoms with Gasteiger partial charge in [0.2, 0.25) is 5.72 Å². The van der Waals surface area contributed by atoms with E-state index in [0.29, 0.717) is 11.3 Å². The van der Waals surface area contributed by atoms with Crippen molar-refractivity contribution in [3.63, 3.8) is 0 Å². The van der Waals surface area contributed by atoms with Crippen LogP contribution in [-0.4, -0.2) is 30.1 Å². The Bertz CT molecular complexity index is 1450. The Morgan fingerprint density at radius 1 is 0.846 bits per heavy atom. The molecule has 0 spiro atoms. The van der Waals surface area contributed by atoms with Crippen molar-refractivity contribution in [2.45, 2.75) is 46.4 Å². The largest absolute Gasteiger partial charge is 0.491 e. The number of cyclic esters (lactones) is 1. The van der Waals surface area contributed by atoms with E-state index in [-0.39, 0.29) is 6.10 Å². The van der Waals surface area contributed by atoms with Crippen LogP contribution >= 0.6 is 0 Å². The molecule has 2 heterocycles. The van der Waals surface area contributed by atoms with Gasteiger partial charge in [-0.15, -0.1) is 0 Å². The van der Waals surface area contributed by atoms with E-state index in [1.807, 2.05) is 80.6 Å². The number of ether oxygens (including phenoxy) is 2. The highest BCUT2D eigenvalue weighted by Crippen LogP contribution is 2.50. The van der Waals surface area contributed by atoms with Gasteiger partial charge < -0.3 is 14.4 Å². The third-order valence-corrected chi connectivity index (χ3v) is 7.11. The lowest BCUT2D eigenvalue weighted by atomic mass is 9.88. The lowest BCUT2D eigenvalue weighted by Crippen LogP contribution is -2.45. The number of fused-ring (bicyclic) bond motifs is 1. The molecule has 0 saturated heterocycles. The number of esters is 1. The van der Waals surface area contributed by atoms with Crippen molar-refractivity contribution in [2.75, 3.05) is 22.9 Å². The van der Waals surface area contributed by atoms with Gasteiger partial charge in [-0.3, -0.25) is 4.90 Å². The zero-order chi connectivity index (χ0) is 27.6. The first kappa shape index (κ1) is 26.3. The predicted octanol–water partition coefficient (Wildman–Crippen LogP) is 7.23. The Labute approximate surface area is 230 Å². The molecule has 0 N–H and O–H groups in total. The summed E-state index contributed by atoms with van der Waals surface area (Å²) >= 11 is 0. The molecule has 5 rings (SSSR count). The highest BCUT2D eigenvalue weighted by Gasteiger charge is 2.54. The van der Waals surface area contributed by atoms with Crippen LogP contribution in [0.4, 0.5) is 17.1 Å². The normalized spacial score (nSPS) is 16.1. The van der Waals surface area contributed by atoms with Crippen molar-refractivity contribution in [1.29, 1.82) is 0 Å². The second kappa shape index (κ2) is 10.8. The molecule has 1 atom stereocenters. The second-order valence-corrected chi connectivity index (χ2v) is 9.94. The fraction of sp³-hybridized carbons (Fsp3) is 0.273. The summed E-state index contributed by atoms with van der Waals surface area (Å²) in [6.07, 6.45) is 1.70. The van der Waals surface area contributed by atoms with Crippen molar-refractivity contribution in [3.8, 4) is 5.75 Å². The fourth-order valence-corrected chi connectivity index (χ4v) is 5.41. The Morgan fingerprint density at radius 3 is 2.15 bits per heavy atom.